The van der Waals surface area contributed by atoms with E-state index in [1.165, 1.54) is 0 Å². The van der Waals surface area contributed by atoms with Crippen LogP contribution in [0.1, 0.15) is 25.0 Å². The van der Waals surface area contributed by atoms with Crippen LogP contribution in [-0.2, 0) is 16.1 Å². The van der Waals surface area contributed by atoms with Crippen molar-refractivity contribution in [3.63, 3.8) is 0 Å². The summed E-state index contributed by atoms with van der Waals surface area (Å²) in [7, 11) is 1.80. The number of furan rings is 1. The van der Waals surface area contributed by atoms with Crippen LogP contribution < -0.4 is 10.6 Å². The minimum absolute atomic E-state index is 0.252. The van der Waals surface area contributed by atoms with Gasteiger partial charge >= 0.3 is 0 Å². The van der Waals surface area contributed by atoms with Gasteiger partial charge in [0.2, 0.25) is 0 Å². The summed E-state index contributed by atoms with van der Waals surface area (Å²) in [5, 5.41) is 6.79. The molecule has 1 fully saturated rings. The van der Waals surface area contributed by atoms with Gasteiger partial charge in [0, 0.05) is 44.7 Å². The molecular formula is C17H29N3O3S. The van der Waals surface area contributed by atoms with Crippen LogP contribution in [0, 0.1) is 0 Å². The highest BCUT2D eigenvalue weighted by Crippen LogP contribution is 2.32. The Hall–Kier alpha value is -1.18. The molecule has 0 spiro atoms. The Balaban J connectivity index is 1.58. The maximum atomic E-state index is 5.57. The number of hydrogen-bond donors (Lipinski definition) is 2. The van der Waals surface area contributed by atoms with Gasteiger partial charge in [0.25, 0.3) is 0 Å². The summed E-state index contributed by atoms with van der Waals surface area (Å²) in [6, 6.07) is 3.79. The molecule has 1 aromatic heterocycles. The molecule has 0 unspecified atom stereocenters. The first kappa shape index (κ1) is 19.1. The van der Waals surface area contributed by atoms with E-state index in [-0.39, 0.29) is 4.75 Å². The van der Waals surface area contributed by atoms with E-state index in [0.717, 1.165) is 57.3 Å². The SMILES string of the molecule is CN=C(NCCCOCc1ccco1)NCC1(SC)CCOCC1. The molecule has 2 heterocycles. The van der Waals surface area contributed by atoms with Crippen molar-refractivity contribution in [1.82, 2.24) is 10.6 Å². The van der Waals surface area contributed by atoms with Crippen LogP contribution in [0.25, 0.3) is 0 Å². The number of ether oxygens (including phenoxy) is 2. The Morgan fingerprint density at radius 1 is 1.38 bits per heavy atom. The molecule has 1 aliphatic rings. The summed E-state index contributed by atoms with van der Waals surface area (Å²) in [6.45, 7) is 4.65. The van der Waals surface area contributed by atoms with E-state index in [9.17, 15) is 0 Å². The van der Waals surface area contributed by atoms with Gasteiger partial charge in [-0.15, -0.1) is 0 Å². The van der Waals surface area contributed by atoms with Crippen molar-refractivity contribution in [3.8, 4) is 0 Å². The maximum Gasteiger partial charge on any atom is 0.191 e. The zero-order chi connectivity index (χ0) is 17.1. The monoisotopic (exact) mass is 355 g/mol. The average Bonchev–Trinajstić information content (AvgIpc) is 3.14. The molecule has 1 aliphatic heterocycles. The normalized spacial score (nSPS) is 17.7. The van der Waals surface area contributed by atoms with Gasteiger partial charge in [-0.25, -0.2) is 0 Å². The number of guanidine groups is 1. The molecular weight excluding hydrogens is 326 g/mol. The van der Waals surface area contributed by atoms with Gasteiger partial charge in [-0.3, -0.25) is 4.99 Å². The first-order chi connectivity index (χ1) is 11.8. The quantitative estimate of drug-likeness (QED) is 0.402. The molecule has 2 N–H and O–H groups in total. The number of nitrogens with zero attached hydrogens (tertiary/aromatic N) is 1. The zero-order valence-corrected chi connectivity index (χ0v) is 15.5. The van der Waals surface area contributed by atoms with Crippen molar-refractivity contribution >= 4 is 17.7 Å². The van der Waals surface area contributed by atoms with Crippen LogP contribution >= 0.6 is 11.8 Å². The molecule has 0 bridgehead atoms. The van der Waals surface area contributed by atoms with Gasteiger partial charge in [-0.2, -0.15) is 11.8 Å². The van der Waals surface area contributed by atoms with Gasteiger partial charge < -0.3 is 24.5 Å². The van der Waals surface area contributed by atoms with E-state index < -0.39 is 0 Å². The van der Waals surface area contributed by atoms with Gasteiger partial charge in [0.15, 0.2) is 5.96 Å². The lowest BCUT2D eigenvalue weighted by Crippen LogP contribution is -2.48. The maximum absolute atomic E-state index is 5.57. The van der Waals surface area contributed by atoms with Crippen LogP contribution in [0.2, 0.25) is 0 Å². The summed E-state index contributed by atoms with van der Waals surface area (Å²) in [4.78, 5) is 4.29. The second kappa shape index (κ2) is 10.6. The van der Waals surface area contributed by atoms with Crippen molar-refractivity contribution in [2.45, 2.75) is 30.6 Å². The summed E-state index contributed by atoms with van der Waals surface area (Å²) in [6.07, 6.45) is 6.93. The summed E-state index contributed by atoms with van der Waals surface area (Å²) in [5.74, 6) is 1.71. The molecule has 0 radical (unpaired) electrons. The van der Waals surface area contributed by atoms with Crippen molar-refractivity contribution in [3.05, 3.63) is 24.2 Å². The molecule has 1 aromatic rings. The van der Waals surface area contributed by atoms with Crippen LogP contribution in [-0.4, -0.2) is 56.9 Å². The van der Waals surface area contributed by atoms with E-state index in [1.807, 2.05) is 23.9 Å². The van der Waals surface area contributed by atoms with E-state index >= 15 is 0 Å². The van der Waals surface area contributed by atoms with E-state index in [2.05, 4.69) is 21.9 Å². The van der Waals surface area contributed by atoms with E-state index in [1.54, 1.807) is 13.3 Å². The fraction of sp³-hybridized carbons (Fsp3) is 0.706. The molecule has 1 saturated heterocycles. The Morgan fingerprint density at radius 2 is 2.21 bits per heavy atom. The number of hydrogen-bond acceptors (Lipinski definition) is 5. The highest BCUT2D eigenvalue weighted by molar-refractivity contribution is 8.00. The third kappa shape index (κ3) is 6.37. The standard InChI is InChI=1S/C17H29N3O3S/c1-18-16(20-14-17(24-2)6-11-21-12-7-17)19-8-4-9-22-13-15-5-3-10-23-15/h3,5,10H,4,6-9,11-14H2,1-2H3,(H2,18,19,20). The highest BCUT2D eigenvalue weighted by Gasteiger charge is 2.31. The minimum atomic E-state index is 0.252. The van der Waals surface area contributed by atoms with E-state index in [4.69, 9.17) is 13.9 Å². The van der Waals surface area contributed by atoms with Crippen LogP contribution in [0.15, 0.2) is 27.8 Å². The first-order valence-electron chi connectivity index (χ1n) is 8.45. The topological polar surface area (TPSA) is 68.0 Å². The second-order valence-corrected chi connectivity index (χ2v) is 7.11. The number of rotatable bonds is 9. The van der Waals surface area contributed by atoms with Gasteiger partial charge in [0.05, 0.1) is 6.26 Å². The van der Waals surface area contributed by atoms with Crippen LogP contribution in [0.4, 0.5) is 0 Å². The fourth-order valence-corrected chi connectivity index (χ4v) is 3.40. The lowest BCUT2D eigenvalue weighted by molar-refractivity contribution is 0.0782. The molecule has 0 aliphatic carbocycles. The molecule has 136 valence electrons. The predicted molar refractivity (Wildman–Crippen MR) is 98.6 cm³/mol. The lowest BCUT2D eigenvalue weighted by Gasteiger charge is -2.36. The van der Waals surface area contributed by atoms with Crippen LogP contribution in [0.5, 0.6) is 0 Å². The molecule has 0 saturated carbocycles. The molecule has 24 heavy (non-hydrogen) atoms. The summed E-state index contributed by atoms with van der Waals surface area (Å²) >= 11 is 1.93. The third-order valence-electron chi connectivity index (χ3n) is 4.22. The Labute approximate surface area is 148 Å². The van der Waals surface area contributed by atoms with Crippen molar-refractivity contribution in [2.75, 3.05) is 46.2 Å². The smallest absolute Gasteiger partial charge is 0.191 e. The molecule has 2 rings (SSSR count). The Kier molecular flexibility index (Phi) is 8.49. The number of thioether (sulfide) groups is 1. The highest BCUT2D eigenvalue weighted by atomic mass is 32.2. The van der Waals surface area contributed by atoms with Crippen molar-refractivity contribution < 1.29 is 13.9 Å². The number of aliphatic imine (C=N–C) groups is 1. The minimum Gasteiger partial charge on any atom is -0.467 e. The third-order valence-corrected chi connectivity index (χ3v) is 5.64. The summed E-state index contributed by atoms with van der Waals surface area (Å²) in [5.41, 5.74) is 0. The van der Waals surface area contributed by atoms with Gasteiger partial charge in [-0.05, 0) is 37.7 Å². The summed E-state index contributed by atoms with van der Waals surface area (Å²) < 4.78 is 16.5. The molecule has 7 heteroatoms. The molecule has 0 aromatic carbocycles. The van der Waals surface area contributed by atoms with Crippen molar-refractivity contribution in [1.29, 1.82) is 0 Å². The molecule has 6 nitrogen and oxygen atoms in total. The van der Waals surface area contributed by atoms with Gasteiger partial charge in [0.1, 0.15) is 12.4 Å². The number of nitrogens with one attached hydrogen (secondary N) is 2. The first-order valence-corrected chi connectivity index (χ1v) is 9.68. The molecule has 0 amide bonds. The van der Waals surface area contributed by atoms with Gasteiger partial charge in [-0.1, -0.05) is 0 Å². The predicted octanol–water partition coefficient (Wildman–Crippen LogP) is 2.26. The van der Waals surface area contributed by atoms with Crippen molar-refractivity contribution in [2.24, 2.45) is 4.99 Å². The average molecular weight is 356 g/mol. The second-order valence-electron chi connectivity index (χ2n) is 5.84. The zero-order valence-electron chi connectivity index (χ0n) is 14.7. The Bertz CT molecular complexity index is 473. The Morgan fingerprint density at radius 3 is 2.88 bits per heavy atom. The molecule has 0 atom stereocenters. The fourth-order valence-electron chi connectivity index (χ4n) is 2.61. The lowest BCUT2D eigenvalue weighted by atomic mass is 9.99. The largest absolute Gasteiger partial charge is 0.467 e. The van der Waals surface area contributed by atoms with E-state index in [0.29, 0.717) is 13.2 Å². The van der Waals surface area contributed by atoms with Crippen LogP contribution in [0.3, 0.4) is 0 Å².